The molecule has 2 aromatic carbocycles. The van der Waals surface area contributed by atoms with Crippen LogP contribution in [0.4, 0.5) is 10.8 Å². The fraction of sp³-hybridized carbons (Fsp3) is 0.130. The molecule has 0 unspecified atom stereocenters. The average molecular weight is 433 g/mol. The summed E-state index contributed by atoms with van der Waals surface area (Å²) < 4.78 is 10.5. The van der Waals surface area contributed by atoms with Crippen molar-refractivity contribution in [3.63, 3.8) is 0 Å². The molecule has 7 nitrogen and oxygen atoms in total. The van der Waals surface area contributed by atoms with Crippen molar-refractivity contribution in [3.05, 3.63) is 76.4 Å². The van der Waals surface area contributed by atoms with Gasteiger partial charge in [-0.25, -0.2) is 14.8 Å². The molecule has 1 aromatic heterocycles. The van der Waals surface area contributed by atoms with Crippen LogP contribution < -0.4 is 9.64 Å². The summed E-state index contributed by atoms with van der Waals surface area (Å²) in [4.78, 5) is 34.9. The summed E-state index contributed by atoms with van der Waals surface area (Å²) in [6, 6.07) is 14.7. The van der Waals surface area contributed by atoms with Crippen molar-refractivity contribution in [3.8, 4) is 5.75 Å². The van der Waals surface area contributed by atoms with Crippen LogP contribution in [0, 0.1) is 6.92 Å². The Balaban J connectivity index is 1.63. The van der Waals surface area contributed by atoms with Crippen LogP contribution in [0.25, 0.3) is 6.08 Å². The molecule has 1 amide bonds. The molecule has 8 heteroatoms. The summed E-state index contributed by atoms with van der Waals surface area (Å²) in [6.45, 7) is 3.40. The molecule has 1 aliphatic rings. The quantitative estimate of drug-likeness (QED) is 0.437. The third-order valence-corrected chi connectivity index (χ3v) is 5.47. The second kappa shape index (κ2) is 8.53. The molecule has 0 fully saturated rings. The number of amides is 1. The Morgan fingerprint density at radius 2 is 1.90 bits per heavy atom. The molecule has 1 aliphatic heterocycles. The maximum atomic E-state index is 12.3. The number of aromatic nitrogens is 1. The van der Waals surface area contributed by atoms with Gasteiger partial charge in [0.1, 0.15) is 5.75 Å². The predicted molar refractivity (Wildman–Crippen MR) is 120 cm³/mol. The van der Waals surface area contributed by atoms with Gasteiger partial charge in [0.15, 0.2) is 10.8 Å². The maximum Gasteiger partial charge on any atom is 0.363 e. The summed E-state index contributed by atoms with van der Waals surface area (Å²) in [5, 5.41) is 2.25. The van der Waals surface area contributed by atoms with E-state index >= 15 is 0 Å². The lowest BCUT2D eigenvalue weighted by Gasteiger charge is -2.18. The maximum absolute atomic E-state index is 12.3. The van der Waals surface area contributed by atoms with Gasteiger partial charge in [0.05, 0.1) is 18.5 Å². The lowest BCUT2D eigenvalue weighted by Crippen LogP contribution is -2.22. The predicted octanol–water partition coefficient (Wildman–Crippen LogP) is 4.49. The van der Waals surface area contributed by atoms with Crippen LogP contribution in [0.1, 0.15) is 23.7 Å². The van der Waals surface area contributed by atoms with Gasteiger partial charge in [0, 0.05) is 17.9 Å². The minimum atomic E-state index is -0.536. The fourth-order valence-corrected chi connectivity index (χ4v) is 3.93. The van der Waals surface area contributed by atoms with E-state index in [4.69, 9.17) is 9.47 Å². The third-order valence-electron chi connectivity index (χ3n) is 4.63. The number of aryl methyl sites for hydroxylation is 1. The number of hydrogen-bond acceptors (Lipinski definition) is 7. The Morgan fingerprint density at radius 3 is 2.58 bits per heavy atom. The number of ether oxygens (including phenoxy) is 2. The molecule has 2 heterocycles. The summed E-state index contributed by atoms with van der Waals surface area (Å²) in [5.41, 5.74) is 3.07. The van der Waals surface area contributed by atoms with Crippen molar-refractivity contribution in [2.24, 2.45) is 4.99 Å². The largest absolute Gasteiger partial charge is 0.497 e. The molecule has 156 valence electrons. The zero-order valence-electron chi connectivity index (χ0n) is 17.2. The molecular weight excluding hydrogens is 414 g/mol. The van der Waals surface area contributed by atoms with E-state index in [0.717, 1.165) is 11.1 Å². The molecule has 0 spiro atoms. The van der Waals surface area contributed by atoms with Gasteiger partial charge in [-0.05, 0) is 48.9 Å². The minimum Gasteiger partial charge on any atom is -0.497 e. The highest BCUT2D eigenvalue weighted by atomic mass is 32.1. The average Bonchev–Trinajstić information content (AvgIpc) is 3.36. The number of esters is 1. The molecule has 0 radical (unpaired) electrons. The molecule has 0 N–H and O–H groups in total. The molecule has 0 aliphatic carbocycles. The summed E-state index contributed by atoms with van der Waals surface area (Å²) in [7, 11) is 1.58. The second-order valence-electron chi connectivity index (χ2n) is 6.76. The fourth-order valence-electron chi connectivity index (χ4n) is 3.08. The van der Waals surface area contributed by atoms with E-state index < -0.39 is 5.97 Å². The van der Waals surface area contributed by atoms with E-state index in [2.05, 4.69) is 9.98 Å². The standard InChI is InChI=1S/C23H19N3O4S/c1-14-6-4-5-7-19(14)21-25-20(22(28)30-21)12-16-13-31-23(24-16)26(15(2)27)17-8-10-18(29-3)11-9-17/h4-13H,1-3H3. The van der Waals surface area contributed by atoms with Gasteiger partial charge in [-0.3, -0.25) is 9.69 Å². The lowest BCUT2D eigenvalue weighted by atomic mass is 10.1. The first-order valence-corrected chi connectivity index (χ1v) is 10.3. The Hall–Kier alpha value is -3.78. The second-order valence-corrected chi connectivity index (χ2v) is 7.59. The topological polar surface area (TPSA) is 81.1 Å². The number of thiazole rings is 1. The number of hydrogen-bond donors (Lipinski definition) is 0. The van der Waals surface area contributed by atoms with Crippen molar-refractivity contribution in [1.82, 2.24) is 4.98 Å². The first-order chi connectivity index (χ1) is 15.0. The molecule has 0 saturated carbocycles. The number of aliphatic imine (C=N–C) groups is 1. The molecule has 31 heavy (non-hydrogen) atoms. The number of rotatable bonds is 5. The smallest absolute Gasteiger partial charge is 0.363 e. The van der Waals surface area contributed by atoms with Crippen LogP contribution in [0.2, 0.25) is 0 Å². The normalized spacial score (nSPS) is 14.4. The van der Waals surface area contributed by atoms with Crippen LogP contribution in [0.15, 0.2) is 64.6 Å². The Kier molecular flexibility index (Phi) is 5.64. The number of methoxy groups -OCH3 is 1. The molecule has 4 rings (SSSR count). The minimum absolute atomic E-state index is 0.161. The van der Waals surface area contributed by atoms with Crippen LogP contribution in [0.3, 0.4) is 0 Å². The first kappa shape index (κ1) is 20.5. The van der Waals surface area contributed by atoms with E-state index in [1.165, 1.54) is 23.2 Å². The van der Waals surface area contributed by atoms with Crippen molar-refractivity contribution in [2.45, 2.75) is 13.8 Å². The van der Waals surface area contributed by atoms with E-state index in [9.17, 15) is 9.59 Å². The molecule has 0 saturated heterocycles. The van der Waals surface area contributed by atoms with Gasteiger partial charge in [-0.2, -0.15) is 0 Å². The Labute approximate surface area is 183 Å². The monoisotopic (exact) mass is 433 g/mol. The van der Waals surface area contributed by atoms with E-state index in [1.807, 2.05) is 31.2 Å². The number of carbonyl (C=O) groups is 2. The molecule has 0 bridgehead atoms. The van der Waals surface area contributed by atoms with Crippen LogP contribution in [-0.2, 0) is 14.3 Å². The summed E-state index contributed by atoms with van der Waals surface area (Å²) >= 11 is 1.29. The van der Waals surface area contributed by atoms with Gasteiger partial charge in [-0.1, -0.05) is 18.2 Å². The van der Waals surface area contributed by atoms with Crippen LogP contribution >= 0.6 is 11.3 Å². The van der Waals surface area contributed by atoms with Crippen molar-refractivity contribution in [1.29, 1.82) is 0 Å². The highest BCUT2D eigenvalue weighted by Gasteiger charge is 2.26. The Morgan fingerprint density at radius 1 is 1.16 bits per heavy atom. The lowest BCUT2D eigenvalue weighted by molar-refractivity contribution is -0.130. The van der Waals surface area contributed by atoms with Crippen molar-refractivity contribution < 1.29 is 19.1 Å². The zero-order valence-corrected chi connectivity index (χ0v) is 18.0. The molecule has 0 atom stereocenters. The SMILES string of the molecule is COc1ccc(N(C(C)=O)c2nc(C=C3N=C(c4ccccc4C)OC3=O)cs2)cc1. The van der Waals surface area contributed by atoms with Gasteiger partial charge in [0.2, 0.25) is 11.8 Å². The van der Waals surface area contributed by atoms with E-state index in [1.54, 1.807) is 42.8 Å². The third kappa shape index (κ3) is 4.24. The Bertz CT molecular complexity index is 1210. The van der Waals surface area contributed by atoms with Crippen LogP contribution in [0.5, 0.6) is 5.75 Å². The summed E-state index contributed by atoms with van der Waals surface area (Å²) in [6.07, 6.45) is 1.56. The van der Waals surface area contributed by atoms with Gasteiger partial charge in [0.25, 0.3) is 0 Å². The number of anilines is 2. The number of cyclic esters (lactones) is 1. The highest BCUT2D eigenvalue weighted by molar-refractivity contribution is 7.14. The van der Waals surface area contributed by atoms with Crippen molar-refractivity contribution in [2.75, 3.05) is 12.0 Å². The van der Waals surface area contributed by atoms with E-state index in [-0.39, 0.29) is 17.5 Å². The van der Waals surface area contributed by atoms with Crippen molar-refractivity contribution >= 4 is 46.0 Å². The number of carbonyl (C=O) groups excluding carboxylic acids is 2. The summed E-state index contributed by atoms with van der Waals surface area (Å²) in [5.74, 6) is 0.248. The number of nitrogens with zero attached hydrogens (tertiary/aromatic N) is 3. The zero-order chi connectivity index (χ0) is 22.0. The van der Waals surface area contributed by atoms with Gasteiger partial charge < -0.3 is 9.47 Å². The molecular formula is C23H19N3O4S. The van der Waals surface area contributed by atoms with E-state index in [0.29, 0.717) is 22.3 Å². The molecule has 3 aromatic rings. The first-order valence-electron chi connectivity index (χ1n) is 9.45. The number of benzene rings is 2. The van der Waals surface area contributed by atoms with Gasteiger partial charge >= 0.3 is 5.97 Å². The highest BCUT2D eigenvalue weighted by Crippen LogP contribution is 2.31. The van der Waals surface area contributed by atoms with Gasteiger partial charge in [-0.15, -0.1) is 11.3 Å². The van der Waals surface area contributed by atoms with Crippen LogP contribution in [-0.4, -0.2) is 29.9 Å².